The zero-order valence-electron chi connectivity index (χ0n) is 21.9. The molecule has 2 bridgehead atoms. The number of aryl methyl sites for hydroxylation is 1. The van der Waals surface area contributed by atoms with Gasteiger partial charge in [-0.2, -0.15) is 13.2 Å². The summed E-state index contributed by atoms with van der Waals surface area (Å²) in [5.74, 6) is 1.32. The van der Waals surface area contributed by atoms with Gasteiger partial charge in [0.15, 0.2) is 5.65 Å². The van der Waals surface area contributed by atoms with Gasteiger partial charge >= 0.3 is 6.18 Å². The number of hydrogen-bond acceptors (Lipinski definition) is 7. The predicted molar refractivity (Wildman–Crippen MR) is 141 cm³/mol. The van der Waals surface area contributed by atoms with E-state index in [4.69, 9.17) is 10.7 Å². The molecule has 3 N–H and O–H groups in total. The van der Waals surface area contributed by atoms with Crippen molar-refractivity contribution in [3.8, 4) is 0 Å². The number of pyridine rings is 1. The maximum absolute atomic E-state index is 13.4. The van der Waals surface area contributed by atoms with Gasteiger partial charge < -0.3 is 20.9 Å². The lowest BCUT2D eigenvalue weighted by atomic mass is 10.0. The molecule has 0 saturated carbocycles. The Kier molecular flexibility index (Phi) is 6.56. The van der Waals surface area contributed by atoms with Gasteiger partial charge in [0, 0.05) is 31.9 Å². The van der Waals surface area contributed by atoms with Crippen LogP contribution in [0.4, 0.5) is 30.5 Å². The first kappa shape index (κ1) is 26.0. The van der Waals surface area contributed by atoms with Crippen molar-refractivity contribution in [2.24, 2.45) is 0 Å². The first-order valence-electron chi connectivity index (χ1n) is 12.9. The number of hydrogen-bond donors (Lipinski definition) is 2. The SMILES string of the molecule is Cc1nc(N[C@H](C)c2cc(N)cc(C(F)(F)F)c2)c2cc(C(=O)N(C)C)c(N3C4CCCC3CC4)nc2n1. The largest absolute Gasteiger partial charge is 0.416 e. The van der Waals surface area contributed by atoms with Crippen molar-refractivity contribution in [3.05, 3.63) is 46.8 Å². The summed E-state index contributed by atoms with van der Waals surface area (Å²) in [6.45, 7) is 3.47. The van der Waals surface area contributed by atoms with Gasteiger partial charge in [0.2, 0.25) is 0 Å². The number of anilines is 3. The molecule has 5 rings (SSSR count). The van der Waals surface area contributed by atoms with Gasteiger partial charge in [0.25, 0.3) is 5.91 Å². The molecule has 38 heavy (non-hydrogen) atoms. The Morgan fingerprint density at radius 3 is 2.39 bits per heavy atom. The zero-order chi connectivity index (χ0) is 27.4. The van der Waals surface area contributed by atoms with Crippen molar-refractivity contribution in [1.29, 1.82) is 0 Å². The molecule has 0 spiro atoms. The molecular weight excluding hydrogens is 495 g/mol. The van der Waals surface area contributed by atoms with Crippen molar-refractivity contribution in [1.82, 2.24) is 19.9 Å². The minimum absolute atomic E-state index is 0.0218. The zero-order valence-corrected chi connectivity index (χ0v) is 21.9. The van der Waals surface area contributed by atoms with Gasteiger partial charge in [-0.25, -0.2) is 15.0 Å². The summed E-state index contributed by atoms with van der Waals surface area (Å²) in [4.78, 5) is 31.2. The van der Waals surface area contributed by atoms with Crippen LogP contribution in [-0.4, -0.2) is 51.9 Å². The highest BCUT2D eigenvalue weighted by Gasteiger charge is 2.39. The van der Waals surface area contributed by atoms with E-state index in [-0.39, 0.29) is 11.6 Å². The van der Waals surface area contributed by atoms with E-state index in [2.05, 4.69) is 20.2 Å². The molecule has 0 radical (unpaired) electrons. The second-order valence-electron chi connectivity index (χ2n) is 10.5. The average molecular weight is 528 g/mol. The Hall–Kier alpha value is -3.63. The monoisotopic (exact) mass is 527 g/mol. The predicted octanol–water partition coefficient (Wildman–Crippen LogP) is 5.33. The molecule has 8 nitrogen and oxygen atoms in total. The number of carbonyl (C=O) groups is 1. The Morgan fingerprint density at radius 2 is 1.76 bits per heavy atom. The number of nitrogens with one attached hydrogen (secondary N) is 1. The number of alkyl halides is 3. The number of amides is 1. The first-order valence-corrected chi connectivity index (χ1v) is 12.9. The molecule has 0 aliphatic carbocycles. The van der Waals surface area contributed by atoms with E-state index < -0.39 is 17.8 Å². The second-order valence-corrected chi connectivity index (χ2v) is 10.5. The third-order valence-electron chi connectivity index (χ3n) is 7.51. The van der Waals surface area contributed by atoms with Gasteiger partial charge in [-0.15, -0.1) is 0 Å². The highest BCUT2D eigenvalue weighted by atomic mass is 19.4. The number of rotatable bonds is 5. The Bertz CT molecular complexity index is 1380. The molecule has 3 aromatic rings. The number of carbonyl (C=O) groups excluding carboxylic acids is 1. The summed E-state index contributed by atoms with van der Waals surface area (Å²) in [6.07, 6.45) is 0.944. The molecule has 1 amide bonds. The first-order chi connectivity index (χ1) is 17.9. The quantitative estimate of drug-likeness (QED) is 0.433. The van der Waals surface area contributed by atoms with E-state index in [9.17, 15) is 18.0 Å². The number of nitrogen functional groups attached to an aromatic ring is 1. The van der Waals surface area contributed by atoms with Gasteiger partial charge in [-0.05, 0) is 75.8 Å². The van der Waals surface area contributed by atoms with Crippen LogP contribution in [0.5, 0.6) is 0 Å². The Balaban J connectivity index is 1.60. The van der Waals surface area contributed by atoms with Crippen LogP contribution in [0.25, 0.3) is 11.0 Å². The fraction of sp³-hybridized carbons (Fsp3) is 0.481. The fourth-order valence-corrected chi connectivity index (χ4v) is 5.70. The maximum Gasteiger partial charge on any atom is 0.416 e. The lowest BCUT2D eigenvalue weighted by molar-refractivity contribution is -0.137. The summed E-state index contributed by atoms with van der Waals surface area (Å²) in [6, 6.07) is 5.39. The molecule has 2 saturated heterocycles. The topological polar surface area (TPSA) is 100 Å². The molecule has 1 aromatic carbocycles. The normalized spacial score (nSPS) is 20.0. The van der Waals surface area contributed by atoms with Crippen LogP contribution in [0.1, 0.15) is 72.4 Å². The van der Waals surface area contributed by atoms with Crippen LogP contribution >= 0.6 is 0 Å². The standard InChI is InChI=1S/C27H32F3N7O/c1-14(16-10-17(27(28,29)30)12-18(31)11-16)32-23-21-13-22(26(38)36(3)4)25(35-24(21)34-15(2)33-23)37-19-6-5-7-20(37)9-8-19/h10-14,19-20H,5-9,31H2,1-4H3,(H,32,33,34,35)/t14-,19?,20?/m1/s1. The van der Waals surface area contributed by atoms with Crippen molar-refractivity contribution < 1.29 is 18.0 Å². The molecule has 2 aromatic heterocycles. The van der Waals surface area contributed by atoms with Crippen LogP contribution in [0, 0.1) is 6.92 Å². The van der Waals surface area contributed by atoms with Crippen LogP contribution in [0.2, 0.25) is 0 Å². The highest BCUT2D eigenvalue weighted by Crippen LogP contribution is 2.41. The van der Waals surface area contributed by atoms with E-state index in [1.165, 1.54) is 17.4 Å². The van der Waals surface area contributed by atoms with E-state index in [1.807, 2.05) is 0 Å². The number of benzene rings is 1. The lowest BCUT2D eigenvalue weighted by Crippen LogP contribution is -2.41. The fourth-order valence-electron chi connectivity index (χ4n) is 5.70. The molecule has 4 heterocycles. The number of nitrogens with zero attached hydrogens (tertiary/aromatic N) is 5. The number of nitrogens with two attached hydrogens (primary N) is 1. The Morgan fingerprint density at radius 1 is 1.08 bits per heavy atom. The smallest absolute Gasteiger partial charge is 0.399 e. The van der Waals surface area contributed by atoms with E-state index in [1.54, 1.807) is 34.0 Å². The Labute approximate surface area is 219 Å². The summed E-state index contributed by atoms with van der Waals surface area (Å²) >= 11 is 0. The molecule has 2 unspecified atom stereocenters. The number of piperidine rings is 1. The van der Waals surface area contributed by atoms with Crippen molar-refractivity contribution in [3.63, 3.8) is 0 Å². The van der Waals surface area contributed by atoms with Crippen LogP contribution in [0.15, 0.2) is 24.3 Å². The summed E-state index contributed by atoms with van der Waals surface area (Å²) in [5, 5.41) is 3.75. The minimum atomic E-state index is -4.52. The second kappa shape index (κ2) is 9.59. The summed E-state index contributed by atoms with van der Waals surface area (Å²) < 4.78 is 40.2. The van der Waals surface area contributed by atoms with Gasteiger partial charge in [-0.1, -0.05) is 0 Å². The van der Waals surface area contributed by atoms with E-state index in [0.29, 0.717) is 51.7 Å². The summed E-state index contributed by atoms with van der Waals surface area (Å²) in [5.41, 5.74) is 6.26. The van der Waals surface area contributed by atoms with Crippen molar-refractivity contribution >= 4 is 34.3 Å². The van der Waals surface area contributed by atoms with Crippen LogP contribution < -0.4 is 16.0 Å². The summed E-state index contributed by atoms with van der Waals surface area (Å²) in [7, 11) is 3.40. The lowest BCUT2D eigenvalue weighted by Gasteiger charge is -2.37. The average Bonchev–Trinajstić information content (AvgIpc) is 3.09. The van der Waals surface area contributed by atoms with E-state index >= 15 is 0 Å². The maximum atomic E-state index is 13.4. The van der Waals surface area contributed by atoms with Crippen LogP contribution in [-0.2, 0) is 6.18 Å². The third-order valence-corrected chi connectivity index (χ3v) is 7.51. The highest BCUT2D eigenvalue weighted by molar-refractivity contribution is 6.03. The molecule has 2 aliphatic heterocycles. The van der Waals surface area contributed by atoms with Gasteiger partial charge in [-0.3, -0.25) is 4.79 Å². The van der Waals surface area contributed by atoms with Crippen molar-refractivity contribution in [2.45, 2.75) is 70.3 Å². The molecule has 11 heteroatoms. The molecular formula is C27H32F3N7O. The minimum Gasteiger partial charge on any atom is -0.399 e. The number of halogens is 3. The molecule has 2 aliphatic rings. The van der Waals surface area contributed by atoms with Gasteiger partial charge in [0.05, 0.1) is 22.6 Å². The number of aromatic nitrogens is 3. The molecule has 3 atom stereocenters. The van der Waals surface area contributed by atoms with Gasteiger partial charge in [0.1, 0.15) is 17.5 Å². The van der Waals surface area contributed by atoms with Crippen molar-refractivity contribution in [2.75, 3.05) is 30.0 Å². The molecule has 202 valence electrons. The van der Waals surface area contributed by atoms with E-state index in [0.717, 1.165) is 37.8 Å². The third kappa shape index (κ3) is 4.81. The van der Waals surface area contributed by atoms with Crippen LogP contribution in [0.3, 0.4) is 0 Å². The number of fused-ring (bicyclic) bond motifs is 3. The molecule has 2 fully saturated rings.